The Bertz CT molecular complexity index is 171. The Kier molecular flexibility index (Phi) is 4.78. The van der Waals surface area contributed by atoms with E-state index in [-0.39, 0.29) is 13.2 Å². The molecule has 0 fully saturated rings. The highest BCUT2D eigenvalue weighted by molar-refractivity contribution is 5.78. The van der Waals surface area contributed by atoms with Gasteiger partial charge in [-0.25, -0.2) is 4.79 Å². The quantitative estimate of drug-likeness (QED) is 0.567. The summed E-state index contributed by atoms with van der Waals surface area (Å²) < 4.78 is 4.66. The van der Waals surface area contributed by atoms with Crippen LogP contribution in [0.5, 0.6) is 0 Å². The average Bonchev–Trinajstić information content (AvgIpc) is 1.96. The van der Waals surface area contributed by atoms with Crippen molar-refractivity contribution in [2.75, 3.05) is 26.8 Å². The third-order valence-electron chi connectivity index (χ3n) is 1.20. The number of amides is 2. The molecule has 0 atom stereocenters. The zero-order chi connectivity index (χ0) is 9.56. The molecule has 12 heavy (non-hydrogen) atoms. The number of nitrogens with two attached hydrogens (primary N) is 1. The lowest BCUT2D eigenvalue weighted by Crippen LogP contribution is -2.41. The van der Waals surface area contributed by atoms with E-state index < -0.39 is 18.5 Å². The number of rotatable bonds is 5. The van der Waals surface area contributed by atoms with Crippen LogP contribution in [-0.2, 0) is 9.53 Å². The zero-order valence-corrected chi connectivity index (χ0v) is 6.82. The molecule has 0 aromatic heterocycles. The molecule has 0 unspecified atom stereocenters. The Morgan fingerprint density at radius 3 is 2.50 bits per heavy atom. The molecule has 70 valence electrons. The van der Waals surface area contributed by atoms with Gasteiger partial charge in [0.2, 0.25) is 0 Å². The van der Waals surface area contributed by atoms with Crippen LogP contribution < -0.4 is 5.73 Å². The van der Waals surface area contributed by atoms with Crippen molar-refractivity contribution in [2.24, 2.45) is 5.73 Å². The van der Waals surface area contributed by atoms with Crippen LogP contribution in [0.3, 0.4) is 0 Å². The molecule has 0 radical (unpaired) electrons. The molecular weight excluding hydrogens is 164 g/mol. The Morgan fingerprint density at radius 1 is 1.58 bits per heavy atom. The molecule has 0 aromatic rings. The summed E-state index contributed by atoms with van der Waals surface area (Å²) in [6, 6.07) is -0.755. The highest BCUT2D eigenvalue weighted by Gasteiger charge is 2.12. The number of urea groups is 1. The van der Waals surface area contributed by atoms with E-state index in [2.05, 4.69) is 4.74 Å². The molecule has 0 bridgehead atoms. The summed E-state index contributed by atoms with van der Waals surface area (Å²) in [5.74, 6) is -1.09. The van der Waals surface area contributed by atoms with E-state index in [0.29, 0.717) is 0 Å². The Labute approximate surface area is 69.9 Å². The highest BCUT2D eigenvalue weighted by atomic mass is 16.5. The van der Waals surface area contributed by atoms with Gasteiger partial charge in [-0.1, -0.05) is 0 Å². The molecule has 6 nitrogen and oxygen atoms in total. The average molecular weight is 176 g/mol. The van der Waals surface area contributed by atoms with E-state index >= 15 is 0 Å². The van der Waals surface area contributed by atoms with Gasteiger partial charge in [-0.2, -0.15) is 0 Å². The number of hydrogen-bond donors (Lipinski definition) is 2. The van der Waals surface area contributed by atoms with Gasteiger partial charge in [-0.15, -0.1) is 0 Å². The van der Waals surface area contributed by atoms with Gasteiger partial charge in [-0.3, -0.25) is 4.79 Å². The normalized spacial score (nSPS) is 9.42. The first-order valence-corrected chi connectivity index (χ1v) is 3.33. The van der Waals surface area contributed by atoms with Gasteiger partial charge < -0.3 is 20.5 Å². The van der Waals surface area contributed by atoms with E-state index in [4.69, 9.17) is 10.8 Å². The van der Waals surface area contributed by atoms with Crippen molar-refractivity contribution in [2.45, 2.75) is 0 Å². The first-order chi connectivity index (χ1) is 5.57. The maximum Gasteiger partial charge on any atom is 0.323 e. The number of hydrogen-bond acceptors (Lipinski definition) is 3. The third kappa shape index (κ3) is 4.51. The van der Waals surface area contributed by atoms with Gasteiger partial charge in [-0.05, 0) is 0 Å². The summed E-state index contributed by atoms with van der Waals surface area (Å²) in [6.45, 7) is 0.0764. The van der Waals surface area contributed by atoms with Gasteiger partial charge in [0.05, 0.1) is 6.61 Å². The molecule has 0 spiro atoms. The topological polar surface area (TPSA) is 92.9 Å². The van der Waals surface area contributed by atoms with Crippen LogP contribution in [0.4, 0.5) is 4.79 Å². The van der Waals surface area contributed by atoms with Gasteiger partial charge >= 0.3 is 12.0 Å². The van der Waals surface area contributed by atoms with Crippen LogP contribution >= 0.6 is 0 Å². The molecule has 0 saturated heterocycles. The molecule has 6 heteroatoms. The molecule has 0 heterocycles. The van der Waals surface area contributed by atoms with Crippen LogP contribution in [-0.4, -0.2) is 48.8 Å². The first-order valence-electron chi connectivity index (χ1n) is 3.33. The van der Waals surface area contributed by atoms with Gasteiger partial charge in [0.1, 0.15) is 6.54 Å². The van der Waals surface area contributed by atoms with Crippen LogP contribution in [0.2, 0.25) is 0 Å². The van der Waals surface area contributed by atoms with Gasteiger partial charge in [0.15, 0.2) is 0 Å². The Morgan fingerprint density at radius 2 is 2.17 bits per heavy atom. The number of methoxy groups -OCH3 is 1. The fourth-order valence-corrected chi connectivity index (χ4v) is 0.632. The van der Waals surface area contributed by atoms with Crippen molar-refractivity contribution >= 4 is 12.0 Å². The maximum atomic E-state index is 10.6. The summed E-state index contributed by atoms with van der Waals surface area (Å²) in [5, 5.41) is 8.34. The summed E-state index contributed by atoms with van der Waals surface area (Å²) in [4.78, 5) is 21.7. The SMILES string of the molecule is COCCN(CC(=O)O)C(N)=O. The number of ether oxygens (including phenoxy) is 1. The maximum absolute atomic E-state index is 10.6. The molecular formula is C6H12N2O4. The van der Waals surface area contributed by atoms with Crippen molar-refractivity contribution in [1.82, 2.24) is 4.90 Å². The molecule has 0 saturated carbocycles. The van der Waals surface area contributed by atoms with Gasteiger partial charge in [0.25, 0.3) is 0 Å². The fourth-order valence-electron chi connectivity index (χ4n) is 0.632. The monoisotopic (exact) mass is 176 g/mol. The Hall–Kier alpha value is -1.30. The van der Waals surface area contributed by atoms with Crippen LogP contribution in [0.1, 0.15) is 0 Å². The van der Waals surface area contributed by atoms with Crippen molar-refractivity contribution in [3.63, 3.8) is 0 Å². The number of aliphatic carboxylic acids is 1. The van der Waals surface area contributed by atoms with Crippen LogP contribution in [0, 0.1) is 0 Å². The number of carboxylic acid groups (broad SMARTS) is 1. The summed E-state index contributed by atoms with van der Waals surface area (Å²) in [7, 11) is 1.46. The zero-order valence-electron chi connectivity index (χ0n) is 6.82. The second kappa shape index (κ2) is 5.36. The van der Waals surface area contributed by atoms with Crippen LogP contribution in [0.15, 0.2) is 0 Å². The molecule has 0 aromatic carbocycles. The van der Waals surface area contributed by atoms with Crippen molar-refractivity contribution in [3.05, 3.63) is 0 Å². The second-order valence-corrected chi connectivity index (χ2v) is 2.15. The predicted molar refractivity (Wildman–Crippen MR) is 40.7 cm³/mol. The van der Waals surface area contributed by atoms with E-state index in [0.717, 1.165) is 4.90 Å². The summed E-state index contributed by atoms with van der Waals surface area (Å²) in [5.41, 5.74) is 4.89. The van der Waals surface area contributed by atoms with Crippen molar-refractivity contribution in [3.8, 4) is 0 Å². The Balaban J connectivity index is 3.87. The first kappa shape index (κ1) is 10.7. The molecule has 0 rings (SSSR count). The standard InChI is InChI=1S/C6H12N2O4/c1-12-3-2-8(6(7)11)4-5(9)10/h2-4H2,1H3,(H2,7,11)(H,9,10). The molecule has 0 aliphatic heterocycles. The molecule has 3 N–H and O–H groups in total. The number of carbonyl (C=O) groups excluding carboxylic acids is 1. The number of primary amides is 1. The van der Waals surface area contributed by atoms with Crippen molar-refractivity contribution in [1.29, 1.82) is 0 Å². The van der Waals surface area contributed by atoms with Gasteiger partial charge in [0, 0.05) is 13.7 Å². The van der Waals surface area contributed by atoms with Crippen molar-refractivity contribution < 1.29 is 19.4 Å². The molecule has 0 aliphatic carbocycles. The fraction of sp³-hybridized carbons (Fsp3) is 0.667. The number of carbonyl (C=O) groups is 2. The lowest BCUT2D eigenvalue weighted by molar-refractivity contribution is -0.137. The van der Waals surface area contributed by atoms with Crippen LogP contribution in [0.25, 0.3) is 0 Å². The van der Waals surface area contributed by atoms with E-state index in [1.54, 1.807) is 0 Å². The summed E-state index contributed by atoms with van der Waals surface area (Å²) in [6.07, 6.45) is 0. The predicted octanol–water partition coefficient (Wildman–Crippen LogP) is -0.902. The van der Waals surface area contributed by atoms with E-state index in [1.165, 1.54) is 7.11 Å². The number of nitrogens with zero attached hydrogens (tertiary/aromatic N) is 1. The molecule has 0 aliphatic rings. The minimum atomic E-state index is -1.09. The number of carboxylic acids is 1. The third-order valence-corrected chi connectivity index (χ3v) is 1.20. The smallest absolute Gasteiger partial charge is 0.323 e. The summed E-state index contributed by atoms with van der Waals surface area (Å²) >= 11 is 0. The minimum absolute atomic E-state index is 0.193. The largest absolute Gasteiger partial charge is 0.480 e. The lowest BCUT2D eigenvalue weighted by Gasteiger charge is -2.16. The van der Waals surface area contributed by atoms with E-state index in [1.807, 2.05) is 0 Å². The minimum Gasteiger partial charge on any atom is -0.480 e. The molecule has 2 amide bonds. The highest BCUT2D eigenvalue weighted by Crippen LogP contribution is 1.87. The lowest BCUT2D eigenvalue weighted by atomic mass is 10.5. The van der Waals surface area contributed by atoms with E-state index in [9.17, 15) is 9.59 Å². The second-order valence-electron chi connectivity index (χ2n) is 2.15.